The lowest BCUT2D eigenvalue weighted by Gasteiger charge is -2.18. The highest BCUT2D eigenvalue weighted by Crippen LogP contribution is 2.20. The fourth-order valence-corrected chi connectivity index (χ4v) is 1.62. The van der Waals surface area contributed by atoms with Crippen LogP contribution in [0.3, 0.4) is 0 Å². The van der Waals surface area contributed by atoms with Crippen molar-refractivity contribution in [2.75, 3.05) is 17.6 Å². The van der Waals surface area contributed by atoms with Gasteiger partial charge >= 0.3 is 0 Å². The molecular formula is C13H20N6. The van der Waals surface area contributed by atoms with Gasteiger partial charge in [-0.3, -0.25) is 4.68 Å². The molecule has 6 heteroatoms. The number of aromatic nitrogens is 4. The molecule has 0 fully saturated rings. The molecule has 0 bridgehead atoms. The Labute approximate surface area is 113 Å². The predicted molar refractivity (Wildman–Crippen MR) is 75.9 cm³/mol. The number of rotatable bonds is 4. The molecule has 3 N–H and O–H groups in total. The van der Waals surface area contributed by atoms with Gasteiger partial charge in [-0.1, -0.05) is 20.8 Å². The first kappa shape index (κ1) is 13.3. The zero-order chi connectivity index (χ0) is 13.9. The van der Waals surface area contributed by atoms with E-state index in [2.05, 4.69) is 41.2 Å². The summed E-state index contributed by atoms with van der Waals surface area (Å²) in [6.07, 6.45) is 3.69. The van der Waals surface area contributed by atoms with Crippen molar-refractivity contribution < 1.29 is 0 Å². The van der Waals surface area contributed by atoms with E-state index >= 15 is 0 Å². The van der Waals surface area contributed by atoms with Gasteiger partial charge in [0, 0.05) is 30.4 Å². The van der Waals surface area contributed by atoms with Crippen LogP contribution >= 0.6 is 0 Å². The van der Waals surface area contributed by atoms with Crippen LogP contribution in [0.25, 0.3) is 0 Å². The summed E-state index contributed by atoms with van der Waals surface area (Å²) < 4.78 is 1.86. The topological polar surface area (TPSA) is 81.6 Å². The van der Waals surface area contributed by atoms with Gasteiger partial charge in [0.25, 0.3) is 0 Å². The Hall–Kier alpha value is -2.11. The molecule has 0 saturated carbocycles. The van der Waals surface area contributed by atoms with Crippen LogP contribution in [0.15, 0.2) is 24.5 Å². The second-order valence-electron chi connectivity index (χ2n) is 5.45. The van der Waals surface area contributed by atoms with E-state index in [1.165, 1.54) is 0 Å². The van der Waals surface area contributed by atoms with E-state index in [-0.39, 0.29) is 5.41 Å². The van der Waals surface area contributed by atoms with Crippen molar-refractivity contribution in [1.29, 1.82) is 0 Å². The molecule has 0 aliphatic rings. The second-order valence-corrected chi connectivity index (χ2v) is 5.45. The summed E-state index contributed by atoms with van der Waals surface area (Å²) in [6, 6.07) is 3.65. The van der Waals surface area contributed by atoms with Crippen molar-refractivity contribution >= 4 is 11.6 Å². The first-order valence-electron chi connectivity index (χ1n) is 6.31. The molecule has 0 aliphatic carbocycles. The number of nitrogen functional groups attached to an aromatic ring is 1. The molecule has 0 amide bonds. The van der Waals surface area contributed by atoms with Crippen LogP contribution in [-0.2, 0) is 12.0 Å². The van der Waals surface area contributed by atoms with Crippen LogP contribution in [0.5, 0.6) is 0 Å². The summed E-state index contributed by atoms with van der Waals surface area (Å²) in [5.74, 6) is 1.99. The third-order valence-corrected chi connectivity index (χ3v) is 2.62. The van der Waals surface area contributed by atoms with Crippen molar-refractivity contribution in [3.63, 3.8) is 0 Å². The van der Waals surface area contributed by atoms with Crippen molar-refractivity contribution in [2.45, 2.75) is 32.7 Å². The van der Waals surface area contributed by atoms with E-state index in [0.29, 0.717) is 5.82 Å². The summed E-state index contributed by atoms with van der Waals surface area (Å²) in [6.45, 7) is 7.71. The van der Waals surface area contributed by atoms with Gasteiger partial charge in [-0.25, -0.2) is 9.97 Å². The van der Waals surface area contributed by atoms with E-state index in [1.807, 2.05) is 16.9 Å². The minimum absolute atomic E-state index is 0.117. The highest BCUT2D eigenvalue weighted by Gasteiger charge is 2.18. The van der Waals surface area contributed by atoms with Gasteiger partial charge in [0.15, 0.2) is 0 Å². The maximum Gasteiger partial charge on any atom is 0.138 e. The van der Waals surface area contributed by atoms with Crippen LogP contribution in [0, 0.1) is 0 Å². The van der Waals surface area contributed by atoms with Gasteiger partial charge in [-0.05, 0) is 6.07 Å². The molecule has 2 aromatic rings. The Kier molecular flexibility index (Phi) is 3.69. The summed E-state index contributed by atoms with van der Waals surface area (Å²) in [5.41, 5.74) is 5.70. The van der Waals surface area contributed by atoms with Crippen molar-refractivity contribution in [3.8, 4) is 0 Å². The van der Waals surface area contributed by atoms with Gasteiger partial charge in [0.05, 0.1) is 6.54 Å². The number of nitrogens with one attached hydrogen (secondary N) is 1. The maximum atomic E-state index is 5.81. The van der Waals surface area contributed by atoms with Crippen LogP contribution in [-0.4, -0.2) is 26.3 Å². The Morgan fingerprint density at radius 3 is 2.74 bits per heavy atom. The lowest BCUT2D eigenvalue weighted by Crippen LogP contribution is -2.19. The third-order valence-electron chi connectivity index (χ3n) is 2.62. The van der Waals surface area contributed by atoms with E-state index in [1.54, 1.807) is 12.3 Å². The fourth-order valence-electron chi connectivity index (χ4n) is 1.62. The molecule has 0 radical (unpaired) electrons. The average Bonchev–Trinajstić information content (AvgIpc) is 2.80. The van der Waals surface area contributed by atoms with Gasteiger partial charge in [-0.15, -0.1) is 0 Å². The molecule has 0 aliphatic heterocycles. The monoisotopic (exact) mass is 260 g/mol. The van der Waals surface area contributed by atoms with Crippen molar-refractivity contribution in [3.05, 3.63) is 30.4 Å². The molecule has 2 aromatic heterocycles. The van der Waals surface area contributed by atoms with Gasteiger partial charge in [-0.2, -0.15) is 5.10 Å². The van der Waals surface area contributed by atoms with Crippen LogP contribution < -0.4 is 11.1 Å². The molecule has 0 saturated heterocycles. The lowest BCUT2D eigenvalue weighted by molar-refractivity contribution is 0.546. The van der Waals surface area contributed by atoms with E-state index < -0.39 is 0 Å². The molecule has 0 aromatic carbocycles. The highest BCUT2D eigenvalue weighted by molar-refractivity contribution is 5.45. The van der Waals surface area contributed by atoms with Crippen LogP contribution in [0.4, 0.5) is 11.6 Å². The van der Waals surface area contributed by atoms with Crippen LogP contribution in [0.2, 0.25) is 0 Å². The largest absolute Gasteiger partial charge is 0.384 e. The zero-order valence-corrected chi connectivity index (χ0v) is 11.6. The Bertz CT molecular complexity index is 527. The van der Waals surface area contributed by atoms with E-state index in [4.69, 9.17) is 5.73 Å². The molecule has 0 atom stereocenters. The highest BCUT2D eigenvalue weighted by atomic mass is 15.3. The van der Waals surface area contributed by atoms with Crippen LogP contribution in [0.1, 0.15) is 26.6 Å². The summed E-state index contributed by atoms with van der Waals surface area (Å²) in [4.78, 5) is 8.76. The van der Waals surface area contributed by atoms with Crippen molar-refractivity contribution in [2.24, 2.45) is 0 Å². The Balaban J connectivity index is 2.02. The summed E-state index contributed by atoms with van der Waals surface area (Å²) >= 11 is 0. The smallest absolute Gasteiger partial charge is 0.138 e. The molecule has 0 spiro atoms. The minimum Gasteiger partial charge on any atom is -0.384 e. The van der Waals surface area contributed by atoms with Gasteiger partial charge < -0.3 is 11.1 Å². The Morgan fingerprint density at radius 2 is 2.11 bits per heavy atom. The molecule has 6 nitrogen and oxygen atoms in total. The SMILES string of the molecule is CC(C)(C)c1nc(N)cc(NCCn2cccn2)n1. The number of hydrogen-bond acceptors (Lipinski definition) is 5. The zero-order valence-electron chi connectivity index (χ0n) is 11.6. The number of anilines is 2. The van der Waals surface area contributed by atoms with Crippen molar-refractivity contribution in [1.82, 2.24) is 19.7 Å². The molecule has 2 rings (SSSR count). The molecular weight excluding hydrogens is 240 g/mol. The number of hydrogen-bond donors (Lipinski definition) is 2. The average molecular weight is 260 g/mol. The molecule has 2 heterocycles. The third kappa shape index (κ3) is 3.67. The Morgan fingerprint density at radius 1 is 1.32 bits per heavy atom. The van der Waals surface area contributed by atoms with Gasteiger partial charge in [0.1, 0.15) is 17.5 Å². The lowest BCUT2D eigenvalue weighted by atomic mass is 9.96. The quantitative estimate of drug-likeness (QED) is 0.873. The normalized spacial score (nSPS) is 11.5. The van der Waals surface area contributed by atoms with E-state index in [9.17, 15) is 0 Å². The molecule has 0 unspecified atom stereocenters. The minimum atomic E-state index is -0.117. The molecule has 102 valence electrons. The summed E-state index contributed by atoms with van der Waals surface area (Å²) in [5, 5.41) is 7.39. The first-order valence-corrected chi connectivity index (χ1v) is 6.31. The first-order chi connectivity index (χ1) is 8.95. The maximum absolute atomic E-state index is 5.81. The fraction of sp³-hybridized carbons (Fsp3) is 0.462. The predicted octanol–water partition coefficient (Wildman–Crippen LogP) is 1.66. The van der Waals surface area contributed by atoms with E-state index in [0.717, 1.165) is 24.7 Å². The second kappa shape index (κ2) is 5.26. The summed E-state index contributed by atoms with van der Waals surface area (Å²) in [7, 11) is 0. The number of nitrogens with two attached hydrogens (primary N) is 1. The number of nitrogens with zero attached hydrogens (tertiary/aromatic N) is 4. The standard InChI is InChI=1S/C13H20N6/c1-13(2,3)12-17-10(14)9-11(18-12)15-6-8-19-7-4-5-16-19/h4-5,7,9H,6,8H2,1-3H3,(H3,14,15,17,18). The molecule has 19 heavy (non-hydrogen) atoms. The van der Waals surface area contributed by atoms with Gasteiger partial charge in [0.2, 0.25) is 0 Å².